The molecule has 2 heterocycles. The van der Waals surface area contributed by atoms with Crippen molar-refractivity contribution in [3.63, 3.8) is 0 Å². The third kappa shape index (κ3) is 2.97. The van der Waals surface area contributed by atoms with Gasteiger partial charge in [0.05, 0.1) is 18.2 Å². The zero-order valence-corrected chi connectivity index (χ0v) is 10.4. The zero-order chi connectivity index (χ0) is 12.3. The Labute approximate surface area is 102 Å². The SMILES string of the molecule is CNCC(=O)N1CCC[C@]2(C[C@H](O)CCO2)C1. The number of rotatable bonds is 2. The van der Waals surface area contributed by atoms with Crippen molar-refractivity contribution in [2.75, 3.05) is 33.3 Å². The minimum Gasteiger partial charge on any atom is -0.393 e. The van der Waals surface area contributed by atoms with E-state index in [-0.39, 0.29) is 17.6 Å². The van der Waals surface area contributed by atoms with Crippen LogP contribution in [0.3, 0.4) is 0 Å². The lowest BCUT2D eigenvalue weighted by Crippen LogP contribution is -2.56. The molecule has 1 amide bonds. The lowest BCUT2D eigenvalue weighted by molar-refractivity contribution is -0.160. The molecule has 17 heavy (non-hydrogen) atoms. The fourth-order valence-electron chi connectivity index (χ4n) is 2.86. The summed E-state index contributed by atoms with van der Waals surface area (Å²) in [6.45, 7) is 2.42. The summed E-state index contributed by atoms with van der Waals surface area (Å²) in [6.07, 6.45) is 3.01. The molecule has 5 nitrogen and oxygen atoms in total. The Balaban J connectivity index is 1.98. The van der Waals surface area contributed by atoms with E-state index in [1.165, 1.54) is 0 Å². The van der Waals surface area contributed by atoms with Gasteiger partial charge in [-0.05, 0) is 26.3 Å². The number of hydrogen-bond donors (Lipinski definition) is 2. The van der Waals surface area contributed by atoms with Crippen molar-refractivity contribution >= 4 is 5.91 Å². The van der Waals surface area contributed by atoms with Crippen LogP contribution in [0.25, 0.3) is 0 Å². The molecule has 1 spiro atoms. The molecule has 5 heteroatoms. The summed E-state index contributed by atoms with van der Waals surface area (Å²) >= 11 is 0. The number of hydrogen-bond acceptors (Lipinski definition) is 4. The van der Waals surface area contributed by atoms with Gasteiger partial charge in [-0.25, -0.2) is 0 Å². The van der Waals surface area contributed by atoms with Crippen molar-refractivity contribution in [2.24, 2.45) is 0 Å². The molecular formula is C12H22N2O3. The van der Waals surface area contributed by atoms with E-state index in [4.69, 9.17) is 4.74 Å². The molecule has 2 aliphatic heterocycles. The van der Waals surface area contributed by atoms with Gasteiger partial charge in [-0.2, -0.15) is 0 Å². The number of nitrogens with one attached hydrogen (secondary N) is 1. The number of amides is 1. The molecule has 2 rings (SSSR count). The second-order valence-corrected chi connectivity index (χ2v) is 5.13. The van der Waals surface area contributed by atoms with Gasteiger partial charge in [0.2, 0.25) is 5.91 Å². The van der Waals surface area contributed by atoms with Crippen molar-refractivity contribution in [3.05, 3.63) is 0 Å². The molecule has 0 aromatic rings. The molecular weight excluding hydrogens is 220 g/mol. The van der Waals surface area contributed by atoms with E-state index in [0.717, 1.165) is 19.4 Å². The van der Waals surface area contributed by atoms with E-state index >= 15 is 0 Å². The van der Waals surface area contributed by atoms with Crippen LogP contribution in [0.5, 0.6) is 0 Å². The molecule has 2 N–H and O–H groups in total. The Morgan fingerprint density at radius 1 is 1.65 bits per heavy atom. The number of nitrogens with zero attached hydrogens (tertiary/aromatic N) is 1. The lowest BCUT2D eigenvalue weighted by Gasteiger charge is -2.46. The monoisotopic (exact) mass is 242 g/mol. The van der Waals surface area contributed by atoms with Crippen LogP contribution >= 0.6 is 0 Å². The first-order valence-electron chi connectivity index (χ1n) is 6.40. The van der Waals surface area contributed by atoms with Gasteiger partial charge in [-0.15, -0.1) is 0 Å². The zero-order valence-electron chi connectivity index (χ0n) is 10.4. The highest BCUT2D eigenvalue weighted by Gasteiger charge is 2.41. The van der Waals surface area contributed by atoms with Crippen LogP contribution in [0.2, 0.25) is 0 Å². The Hall–Kier alpha value is -0.650. The summed E-state index contributed by atoms with van der Waals surface area (Å²) in [5, 5.41) is 12.6. The average molecular weight is 242 g/mol. The number of piperidine rings is 1. The largest absolute Gasteiger partial charge is 0.393 e. The third-order valence-electron chi connectivity index (χ3n) is 3.69. The summed E-state index contributed by atoms with van der Waals surface area (Å²) in [4.78, 5) is 13.7. The van der Waals surface area contributed by atoms with Crippen LogP contribution in [0, 0.1) is 0 Å². The van der Waals surface area contributed by atoms with Gasteiger partial charge in [0.15, 0.2) is 0 Å². The van der Waals surface area contributed by atoms with Crippen molar-refractivity contribution in [1.29, 1.82) is 0 Å². The molecule has 0 bridgehead atoms. The Bertz CT molecular complexity index is 281. The maximum Gasteiger partial charge on any atom is 0.236 e. The number of ether oxygens (including phenoxy) is 1. The minimum absolute atomic E-state index is 0.121. The second kappa shape index (κ2) is 5.33. The van der Waals surface area contributed by atoms with Crippen molar-refractivity contribution in [3.8, 4) is 0 Å². The van der Waals surface area contributed by atoms with Crippen LogP contribution < -0.4 is 5.32 Å². The average Bonchev–Trinajstić information content (AvgIpc) is 2.29. The second-order valence-electron chi connectivity index (χ2n) is 5.13. The van der Waals surface area contributed by atoms with Crippen LogP contribution in [0.4, 0.5) is 0 Å². The molecule has 2 fully saturated rings. The normalized spacial score (nSPS) is 34.0. The van der Waals surface area contributed by atoms with E-state index in [1.807, 2.05) is 4.90 Å². The number of carbonyl (C=O) groups excluding carboxylic acids is 1. The first-order chi connectivity index (χ1) is 8.15. The smallest absolute Gasteiger partial charge is 0.236 e. The molecule has 0 radical (unpaired) electrons. The summed E-state index contributed by atoms with van der Waals surface area (Å²) in [6, 6.07) is 0. The number of carbonyl (C=O) groups is 1. The molecule has 0 aromatic carbocycles. The van der Waals surface area contributed by atoms with Gasteiger partial charge in [0.25, 0.3) is 0 Å². The van der Waals surface area contributed by atoms with E-state index in [9.17, 15) is 9.90 Å². The number of aliphatic hydroxyl groups excluding tert-OH is 1. The maximum atomic E-state index is 11.9. The highest BCUT2D eigenvalue weighted by atomic mass is 16.5. The number of aliphatic hydroxyl groups is 1. The van der Waals surface area contributed by atoms with Gasteiger partial charge in [-0.1, -0.05) is 0 Å². The predicted octanol–water partition coefficient (Wildman–Crippen LogP) is -0.262. The van der Waals surface area contributed by atoms with E-state index in [0.29, 0.717) is 32.5 Å². The fourth-order valence-corrected chi connectivity index (χ4v) is 2.86. The first kappa shape index (κ1) is 12.8. The highest BCUT2D eigenvalue weighted by Crippen LogP contribution is 2.33. The fraction of sp³-hybridized carbons (Fsp3) is 0.917. The highest BCUT2D eigenvalue weighted by molar-refractivity contribution is 5.78. The number of likely N-dealkylation sites (N-methyl/N-ethyl adjacent to an activating group) is 1. The molecule has 0 unspecified atom stereocenters. The molecule has 0 saturated carbocycles. The summed E-state index contributed by atoms with van der Waals surface area (Å²) < 4.78 is 5.86. The van der Waals surface area contributed by atoms with Crippen LogP contribution in [0.1, 0.15) is 25.7 Å². The Morgan fingerprint density at radius 2 is 2.47 bits per heavy atom. The van der Waals surface area contributed by atoms with Gasteiger partial charge in [-0.3, -0.25) is 4.79 Å². The summed E-state index contributed by atoms with van der Waals surface area (Å²) in [5.74, 6) is 0.121. The predicted molar refractivity (Wildman–Crippen MR) is 63.7 cm³/mol. The summed E-state index contributed by atoms with van der Waals surface area (Å²) in [7, 11) is 1.78. The Morgan fingerprint density at radius 3 is 3.18 bits per heavy atom. The summed E-state index contributed by atoms with van der Waals surface area (Å²) in [5.41, 5.74) is -0.292. The lowest BCUT2D eigenvalue weighted by atomic mass is 9.84. The third-order valence-corrected chi connectivity index (χ3v) is 3.69. The molecule has 2 saturated heterocycles. The van der Waals surface area contributed by atoms with Crippen molar-refractivity contribution in [1.82, 2.24) is 10.2 Å². The topological polar surface area (TPSA) is 61.8 Å². The van der Waals surface area contributed by atoms with Gasteiger partial charge < -0.3 is 20.1 Å². The van der Waals surface area contributed by atoms with Crippen molar-refractivity contribution in [2.45, 2.75) is 37.4 Å². The van der Waals surface area contributed by atoms with Crippen LogP contribution in [-0.2, 0) is 9.53 Å². The molecule has 2 aliphatic rings. The van der Waals surface area contributed by atoms with Crippen LogP contribution in [-0.4, -0.2) is 60.9 Å². The van der Waals surface area contributed by atoms with Gasteiger partial charge >= 0.3 is 0 Å². The maximum absolute atomic E-state index is 11.9. The van der Waals surface area contributed by atoms with Crippen molar-refractivity contribution < 1.29 is 14.6 Å². The quantitative estimate of drug-likeness (QED) is 0.700. The van der Waals surface area contributed by atoms with E-state index in [1.54, 1.807) is 7.05 Å². The standard InChI is InChI=1S/C12H22N2O3/c1-13-8-11(16)14-5-2-4-12(9-14)7-10(15)3-6-17-12/h10,13,15H,2-9H2,1H3/t10-,12+/m1/s1. The Kier molecular flexibility index (Phi) is 4.01. The van der Waals surface area contributed by atoms with Gasteiger partial charge in [0.1, 0.15) is 0 Å². The first-order valence-corrected chi connectivity index (χ1v) is 6.40. The van der Waals surface area contributed by atoms with E-state index in [2.05, 4.69) is 5.32 Å². The number of likely N-dealkylation sites (tertiary alicyclic amines) is 1. The van der Waals surface area contributed by atoms with Gasteiger partial charge in [0, 0.05) is 26.1 Å². The molecule has 2 atom stereocenters. The van der Waals surface area contributed by atoms with Crippen LogP contribution in [0.15, 0.2) is 0 Å². The minimum atomic E-state index is -0.292. The molecule has 0 aromatic heterocycles. The van der Waals surface area contributed by atoms with E-state index < -0.39 is 0 Å². The molecule has 0 aliphatic carbocycles. The molecule has 98 valence electrons.